The number of hydrogen-bond acceptors (Lipinski definition) is 3. The van der Waals surface area contributed by atoms with Gasteiger partial charge in [-0.15, -0.1) is 12.3 Å². The summed E-state index contributed by atoms with van der Waals surface area (Å²) in [4.78, 5) is 18.7. The number of terminal acetylenes is 1. The molecular formula is C18H24N2O2. The molecule has 0 bridgehead atoms. The van der Waals surface area contributed by atoms with Crippen LogP contribution in [0, 0.1) is 12.3 Å². The van der Waals surface area contributed by atoms with E-state index >= 15 is 0 Å². The second-order valence-electron chi connectivity index (χ2n) is 5.64. The fourth-order valence-corrected chi connectivity index (χ4v) is 2.64. The van der Waals surface area contributed by atoms with Gasteiger partial charge in [0, 0.05) is 32.2 Å². The Morgan fingerprint density at radius 2 is 2.36 bits per heavy atom. The number of carbonyl (C=O) groups is 1. The van der Waals surface area contributed by atoms with Gasteiger partial charge in [0.05, 0.1) is 18.3 Å². The molecule has 0 saturated carbocycles. The summed E-state index contributed by atoms with van der Waals surface area (Å²) in [6.07, 6.45) is 12.3. The number of amides is 1. The molecule has 0 radical (unpaired) electrons. The lowest BCUT2D eigenvalue weighted by atomic mass is 10.1. The predicted molar refractivity (Wildman–Crippen MR) is 85.9 cm³/mol. The zero-order valence-electron chi connectivity index (χ0n) is 13.0. The summed E-state index contributed by atoms with van der Waals surface area (Å²) in [6, 6.07) is 5.79. The first-order chi connectivity index (χ1) is 10.8. The van der Waals surface area contributed by atoms with Gasteiger partial charge in [-0.2, -0.15) is 0 Å². The number of nitrogens with zero attached hydrogens (tertiary/aromatic N) is 2. The van der Waals surface area contributed by atoms with E-state index in [1.54, 1.807) is 6.20 Å². The molecule has 1 aromatic heterocycles. The third kappa shape index (κ3) is 5.50. The van der Waals surface area contributed by atoms with Crippen LogP contribution in [0.4, 0.5) is 0 Å². The highest BCUT2D eigenvalue weighted by Crippen LogP contribution is 2.16. The average Bonchev–Trinajstić information content (AvgIpc) is 3.05. The second kappa shape index (κ2) is 9.22. The van der Waals surface area contributed by atoms with Gasteiger partial charge >= 0.3 is 0 Å². The van der Waals surface area contributed by atoms with E-state index in [2.05, 4.69) is 10.9 Å². The fourth-order valence-electron chi connectivity index (χ4n) is 2.64. The van der Waals surface area contributed by atoms with Gasteiger partial charge < -0.3 is 9.64 Å². The van der Waals surface area contributed by atoms with Crippen molar-refractivity contribution < 1.29 is 9.53 Å². The maximum Gasteiger partial charge on any atom is 0.223 e. The molecule has 2 heterocycles. The first-order valence-electron chi connectivity index (χ1n) is 8.02. The minimum atomic E-state index is 0.165. The van der Waals surface area contributed by atoms with Crippen LogP contribution in [0.5, 0.6) is 0 Å². The van der Waals surface area contributed by atoms with Crippen LogP contribution in [0.15, 0.2) is 24.4 Å². The van der Waals surface area contributed by atoms with Crippen LogP contribution in [0.1, 0.15) is 44.2 Å². The van der Waals surface area contributed by atoms with Gasteiger partial charge in [-0.25, -0.2) is 0 Å². The molecule has 1 amide bonds. The Balaban J connectivity index is 1.91. The Bertz CT molecular complexity index is 490. The van der Waals surface area contributed by atoms with Crippen molar-refractivity contribution in [3.8, 4) is 12.3 Å². The maximum absolute atomic E-state index is 12.5. The van der Waals surface area contributed by atoms with Gasteiger partial charge in [0.15, 0.2) is 0 Å². The van der Waals surface area contributed by atoms with Crippen LogP contribution < -0.4 is 0 Å². The SMILES string of the molecule is C#CCCCCC(=O)N(Cc1ccccn1)C[C@@H]1CCCO1. The van der Waals surface area contributed by atoms with Crippen molar-refractivity contribution in [2.45, 2.75) is 51.2 Å². The molecule has 4 nitrogen and oxygen atoms in total. The molecule has 1 saturated heterocycles. The number of pyridine rings is 1. The monoisotopic (exact) mass is 300 g/mol. The second-order valence-corrected chi connectivity index (χ2v) is 5.64. The summed E-state index contributed by atoms with van der Waals surface area (Å²) in [5.74, 6) is 2.78. The molecule has 0 aromatic carbocycles. The standard InChI is InChI=1S/C18H24N2O2/c1-2-3-4-5-11-18(21)20(15-17-10-8-13-22-17)14-16-9-6-7-12-19-16/h1,6-7,9,12,17H,3-5,8,10-11,13-15H2/t17-/m0/s1. The molecule has 0 aliphatic carbocycles. The van der Waals surface area contributed by atoms with Crippen molar-refractivity contribution in [1.82, 2.24) is 9.88 Å². The van der Waals surface area contributed by atoms with Crippen LogP contribution >= 0.6 is 0 Å². The summed E-state index contributed by atoms with van der Waals surface area (Å²) in [7, 11) is 0. The van der Waals surface area contributed by atoms with E-state index in [-0.39, 0.29) is 12.0 Å². The van der Waals surface area contributed by atoms with Gasteiger partial charge in [0.1, 0.15) is 0 Å². The molecule has 1 aliphatic heterocycles. The molecule has 1 atom stereocenters. The van der Waals surface area contributed by atoms with E-state index in [1.807, 2.05) is 23.1 Å². The number of ether oxygens (including phenoxy) is 1. The van der Waals surface area contributed by atoms with E-state index in [0.29, 0.717) is 19.5 Å². The molecule has 2 rings (SSSR count). The molecule has 0 N–H and O–H groups in total. The molecule has 4 heteroatoms. The van der Waals surface area contributed by atoms with Crippen molar-refractivity contribution in [1.29, 1.82) is 0 Å². The van der Waals surface area contributed by atoms with E-state index in [9.17, 15) is 4.79 Å². The van der Waals surface area contributed by atoms with Crippen LogP contribution in [0.2, 0.25) is 0 Å². The normalized spacial score (nSPS) is 17.1. The summed E-state index contributed by atoms with van der Waals surface area (Å²) in [6.45, 7) is 2.01. The highest BCUT2D eigenvalue weighted by atomic mass is 16.5. The van der Waals surface area contributed by atoms with Crippen molar-refractivity contribution in [2.75, 3.05) is 13.2 Å². The minimum absolute atomic E-state index is 0.165. The Labute approximate surface area is 132 Å². The Morgan fingerprint density at radius 1 is 1.45 bits per heavy atom. The lowest BCUT2D eigenvalue weighted by molar-refractivity contribution is -0.133. The molecule has 1 aliphatic rings. The summed E-state index contributed by atoms with van der Waals surface area (Å²) >= 11 is 0. The molecular weight excluding hydrogens is 276 g/mol. The van der Waals surface area contributed by atoms with Crippen LogP contribution in [-0.2, 0) is 16.1 Å². The molecule has 1 aromatic rings. The Kier molecular flexibility index (Phi) is 6.92. The van der Waals surface area contributed by atoms with Crippen molar-refractivity contribution in [2.24, 2.45) is 0 Å². The number of unbranched alkanes of at least 4 members (excludes halogenated alkanes) is 2. The topological polar surface area (TPSA) is 42.4 Å². The van der Waals surface area contributed by atoms with Gasteiger partial charge in [-0.05, 0) is 37.8 Å². The van der Waals surface area contributed by atoms with Gasteiger partial charge in [-0.1, -0.05) is 6.07 Å². The van der Waals surface area contributed by atoms with E-state index in [1.165, 1.54) is 0 Å². The lowest BCUT2D eigenvalue weighted by Crippen LogP contribution is -2.37. The van der Waals surface area contributed by atoms with Crippen molar-refractivity contribution in [3.63, 3.8) is 0 Å². The van der Waals surface area contributed by atoms with Crippen molar-refractivity contribution >= 4 is 5.91 Å². The highest BCUT2D eigenvalue weighted by molar-refractivity contribution is 5.76. The molecule has 22 heavy (non-hydrogen) atoms. The van der Waals surface area contributed by atoms with E-state index < -0.39 is 0 Å². The van der Waals surface area contributed by atoms with Gasteiger partial charge in [-0.3, -0.25) is 9.78 Å². The zero-order chi connectivity index (χ0) is 15.6. The number of rotatable bonds is 8. The third-order valence-corrected chi connectivity index (χ3v) is 3.84. The zero-order valence-corrected chi connectivity index (χ0v) is 13.0. The quantitative estimate of drug-likeness (QED) is 0.547. The van der Waals surface area contributed by atoms with E-state index in [0.717, 1.165) is 44.4 Å². The maximum atomic E-state index is 12.5. The number of aromatic nitrogens is 1. The summed E-state index contributed by atoms with van der Waals surface area (Å²) < 4.78 is 5.67. The summed E-state index contributed by atoms with van der Waals surface area (Å²) in [5.41, 5.74) is 0.914. The molecule has 0 unspecified atom stereocenters. The Hall–Kier alpha value is -1.86. The molecule has 118 valence electrons. The number of carbonyl (C=O) groups excluding carboxylic acids is 1. The Morgan fingerprint density at radius 3 is 3.05 bits per heavy atom. The van der Waals surface area contributed by atoms with Crippen molar-refractivity contribution in [3.05, 3.63) is 30.1 Å². The van der Waals surface area contributed by atoms with Crippen LogP contribution in [-0.4, -0.2) is 35.0 Å². The predicted octanol–water partition coefficient (Wildman–Crippen LogP) is 2.78. The summed E-state index contributed by atoms with van der Waals surface area (Å²) in [5, 5.41) is 0. The lowest BCUT2D eigenvalue weighted by Gasteiger charge is -2.25. The van der Waals surface area contributed by atoms with Gasteiger partial charge in [0.2, 0.25) is 5.91 Å². The smallest absolute Gasteiger partial charge is 0.223 e. The third-order valence-electron chi connectivity index (χ3n) is 3.84. The van der Waals surface area contributed by atoms with Gasteiger partial charge in [0.25, 0.3) is 0 Å². The van der Waals surface area contributed by atoms with Crippen LogP contribution in [0.3, 0.4) is 0 Å². The average molecular weight is 300 g/mol. The minimum Gasteiger partial charge on any atom is -0.376 e. The molecule has 1 fully saturated rings. The largest absolute Gasteiger partial charge is 0.376 e. The number of hydrogen-bond donors (Lipinski definition) is 0. The molecule has 0 spiro atoms. The first-order valence-corrected chi connectivity index (χ1v) is 8.02. The van der Waals surface area contributed by atoms with Crippen LogP contribution in [0.25, 0.3) is 0 Å². The fraction of sp³-hybridized carbons (Fsp3) is 0.556. The highest BCUT2D eigenvalue weighted by Gasteiger charge is 2.22. The van der Waals surface area contributed by atoms with E-state index in [4.69, 9.17) is 11.2 Å². The first kappa shape index (κ1) is 16.5.